The maximum atomic E-state index is 11.9. The van der Waals surface area contributed by atoms with Crippen LogP contribution in [0.4, 0.5) is 0 Å². The van der Waals surface area contributed by atoms with Crippen molar-refractivity contribution in [2.75, 3.05) is 6.54 Å². The molecule has 2 rings (SSSR count). The van der Waals surface area contributed by atoms with E-state index in [1.54, 1.807) is 24.4 Å². The highest BCUT2D eigenvalue weighted by Gasteiger charge is 2.09. The monoisotopic (exact) mass is 245 g/mol. The van der Waals surface area contributed by atoms with Crippen molar-refractivity contribution in [1.82, 2.24) is 10.3 Å². The van der Waals surface area contributed by atoms with Gasteiger partial charge in [-0.25, -0.2) is 0 Å². The predicted molar refractivity (Wildman–Crippen MR) is 70.9 cm³/mol. The van der Waals surface area contributed by atoms with E-state index in [-0.39, 0.29) is 17.4 Å². The van der Waals surface area contributed by atoms with Crippen LogP contribution in [-0.4, -0.2) is 22.4 Å². The van der Waals surface area contributed by atoms with Crippen molar-refractivity contribution in [1.29, 1.82) is 0 Å². The Morgan fingerprint density at radius 3 is 2.94 bits per heavy atom. The quantitative estimate of drug-likeness (QED) is 0.799. The van der Waals surface area contributed by atoms with Crippen molar-refractivity contribution in [2.45, 2.75) is 0 Å². The van der Waals surface area contributed by atoms with Gasteiger partial charge in [0.25, 0.3) is 5.91 Å². The van der Waals surface area contributed by atoms with Crippen LogP contribution in [0.15, 0.2) is 36.5 Å². The molecule has 3 N–H and O–H groups in total. The molecule has 86 valence electrons. The summed E-state index contributed by atoms with van der Waals surface area (Å²) in [7, 11) is 0. The Kier molecular flexibility index (Phi) is 3.30. The summed E-state index contributed by atoms with van der Waals surface area (Å²) in [4.78, 5) is 16.4. The third kappa shape index (κ3) is 2.57. The maximum absolute atomic E-state index is 11.9. The average Bonchev–Trinajstić information content (AvgIpc) is 2.35. The third-order valence-electron chi connectivity index (χ3n) is 2.31. The lowest BCUT2D eigenvalue weighted by Gasteiger charge is -2.06. The van der Waals surface area contributed by atoms with Crippen LogP contribution in [0.2, 0.25) is 0 Å². The molecule has 0 saturated heterocycles. The fraction of sp³-hybridized carbons (Fsp3) is 0.0833. The molecule has 1 heterocycles. The SMILES string of the molecule is NC(=S)CNC(=O)c1cccc2ncccc12. The van der Waals surface area contributed by atoms with Gasteiger partial charge in [0.05, 0.1) is 17.0 Å². The van der Waals surface area contributed by atoms with Gasteiger partial charge in [-0.05, 0) is 18.2 Å². The van der Waals surface area contributed by atoms with Crippen LogP contribution < -0.4 is 11.1 Å². The molecular formula is C12H11N3OS. The van der Waals surface area contributed by atoms with Gasteiger partial charge in [0.1, 0.15) is 0 Å². The molecule has 0 atom stereocenters. The summed E-state index contributed by atoms with van der Waals surface area (Å²) in [6.45, 7) is 0.199. The van der Waals surface area contributed by atoms with Crippen molar-refractivity contribution < 1.29 is 4.79 Å². The van der Waals surface area contributed by atoms with E-state index in [2.05, 4.69) is 10.3 Å². The van der Waals surface area contributed by atoms with E-state index in [9.17, 15) is 4.79 Å². The second kappa shape index (κ2) is 4.88. The Bertz CT molecular complexity index is 577. The Labute approximate surface area is 104 Å². The van der Waals surface area contributed by atoms with Gasteiger partial charge in [0.2, 0.25) is 0 Å². The number of thiocarbonyl (C=S) groups is 1. The number of carbonyl (C=O) groups excluding carboxylic acids is 1. The molecule has 0 radical (unpaired) electrons. The number of aromatic nitrogens is 1. The first kappa shape index (κ1) is 11.5. The number of fused-ring (bicyclic) bond motifs is 1. The molecular weight excluding hydrogens is 234 g/mol. The summed E-state index contributed by atoms with van der Waals surface area (Å²) >= 11 is 4.71. The number of hydrogen-bond acceptors (Lipinski definition) is 3. The average molecular weight is 245 g/mol. The van der Waals surface area contributed by atoms with Gasteiger partial charge in [-0.15, -0.1) is 0 Å². The number of hydrogen-bond donors (Lipinski definition) is 2. The Hall–Kier alpha value is -2.01. The fourth-order valence-electron chi connectivity index (χ4n) is 1.56. The van der Waals surface area contributed by atoms with Crippen molar-refractivity contribution in [2.24, 2.45) is 5.73 Å². The molecule has 1 aromatic heterocycles. The molecule has 0 aliphatic heterocycles. The lowest BCUT2D eigenvalue weighted by Crippen LogP contribution is -2.32. The van der Waals surface area contributed by atoms with E-state index in [0.717, 1.165) is 10.9 Å². The fourth-order valence-corrected chi connectivity index (χ4v) is 1.64. The molecule has 1 amide bonds. The summed E-state index contributed by atoms with van der Waals surface area (Å²) in [6, 6.07) is 9.06. The third-order valence-corrected chi connectivity index (χ3v) is 2.46. The zero-order valence-electron chi connectivity index (χ0n) is 9.01. The number of nitrogens with two attached hydrogens (primary N) is 1. The van der Waals surface area contributed by atoms with Crippen LogP contribution in [0.3, 0.4) is 0 Å². The smallest absolute Gasteiger partial charge is 0.252 e. The number of rotatable bonds is 3. The molecule has 4 nitrogen and oxygen atoms in total. The number of carbonyl (C=O) groups is 1. The molecule has 2 aromatic rings. The molecule has 17 heavy (non-hydrogen) atoms. The standard InChI is InChI=1S/C12H11N3OS/c13-11(17)7-15-12(16)9-3-1-5-10-8(9)4-2-6-14-10/h1-6H,7H2,(H2,13,17)(H,15,16). The Balaban J connectivity index is 2.35. The minimum absolute atomic E-state index is 0.198. The molecule has 5 heteroatoms. The molecule has 0 fully saturated rings. The summed E-state index contributed by atoms with van der Waals surface area (Å²) in [6.07, 6.45) is 1.69. The summed E-state index contributed by atoms with van der Waals surface area (Å²) in [5.41, 5.74) is 6.70. The second-order valence-electron chi connectivity index (χ2n) is 3.52. The van der Waals surface area contributed by atoms with Gasteiger partial charge in [-0.3, -0.25) is 9.78 Å². The number of nitrogens with one attached hydrogen (secondary N) is 1. The Morgan fingerprint density at radius 2 is 2.18 bits per heavy atom. The van der Waals surface area contributed by atoms with Crippen molar-refractivity contribution in [3.8, 4) is 0 Å². The maximum Gasteiger partial charge on any atom is 0.252 e. The molecule has 0 aliphatic carbocycles. The largest absolute Gasteiger partial charge is 0.392 e. The van der Waals surface area contributed by atoms with Gasteiger partial charge >= 0.3 is 0 Å². The normalized spacial score (nSPS) is 10.1. The molecule has 0 aliphatic rings. The highest BCUT2D eigenvalue weighted by molar-refractivity contribution is 7.80. The number of amides is 1. The minimum atomic E-state index is -0.198. The van der Waals surface area contributed by atoms with Crippen molar-refractivity contribution in [3.63, 3.8) is 0 Å². The van der Waals surface area contributed by atoms with E-state index in [0.29, 0.717) is 5.56 Å². The van der Waals surface area contributed by atoms with Gasteiger partial charge < -0.3 is 11.1 Å². The second-order valence-corrected chi connectivity index (χ2v) is 4.05. The molecule has 0 bridgehead atoms. The van der Waals surface area contributed by atoms with Crippen LogP contribution in [0.1, 0.15) is 10.4 Å². The van der Waals surface area contributed by atoms with Crippen molar-refractivity contribution in [3.05, 3.63) is 42.1 Å². The first-order valence-electron chi connectivity index (χ1n) is 5.09. The van der Waals surface area contributed by atoms with E-state index in [1.165, 1.54) is 0 Å². The molecule has 0 unspecified atom stereocenters. The zero-order valence-corrected chi connectivity index (χ0v) is 9.83. The molecule has 1 aromatic carbocycles. The van der Waals surface area contributed by atoms with E-state index in [4.69, 9.17) is 18.0 Å². The lowest BCUT2D eigenvalue weighted by atomic mass is 10.1. The number of benzene rings is 1. The van der Waals surface area contributed by atoms with Crippen LogP contribution in [-0.2, 0) is 0 Å². The predicted octanol–water partition coefficient (Wildman–Crippen LogP) is 1.25. The first-order chi connectivity index (χ1) is 8.18. The van der Waals surface area contributed by atoms with Gasteiger partial charge in [0, 0.05) is 17.1 Å². The van der Waals surface area contributed by atoms with E-state index in [1.807, 2.05) is 12.1 Å². The summed E-state index contributed by atoms with van der Waals surface area (Å²) in [5, 5.41) is 3.47. The lowest BCUT2D eigenvalue weighted by molar-refractivity contribution is 0.0961. The zero-order chi connectivity index (χ0) is 12.3. The summed E-state index contributed by atoms with van der Waals surface area (Å²) < 4.78 is 0. The number of pyridine rings is 1. The number of nitrogens with zero attached hydrogens (tertiary/aromatic N) is 1. The van der Waals surface area contributed by atoms with E-state index < -0.39 is 0 Å². The van der Waals surface area contributed by atoms with E-state index >= 15 is 0 Å². The topological polar surface area (TPSA) is 68.0 Å². The van der Waals surface area contributed by atoms with Crippen LogP contribution in [0, 0.1) is 0 Å². The van der Waals surface area contributed by atoms with Gasteiger partial charge in [-0.2, -0.15) is 0 Å². The molecule has 0 spiro atoms. The van der Waals surface area contributed by atoms with Crippen LogP contribution >= 0.6 is 12.2 Å². The molecule has 0 saturated carbocycles. The van der Waals surface area contributed by atoms with Crippen LogP contribution in [0.5, 0.6) is 0 Å². The van der Waals surface area contributed by atoms with Gasteiger partial charge in [0.15, 0.2) is 0 Å². The first-order valence-corrected chi connectivity index (χ1v) is 5.49. The van der Waals surface area contributed by atoms with Gasteiger partial charge in [-0.1, -0.05) is 24.4 Å². The summed E-state index contributed by atoms with van der Waals surface area (Å²) in [5.74, 6) is -0.198. The Morgan fingerprint density at radius 1 is 1.35 bits per heavy atom. The minimum Gasteiger partial charge on any atom is -0.392 e. The highest BCUT2D eigenvalue weighted by Crippen LogP contribution is 2.15. The highest BCUT2D eigenvalue weighted by atomic mass is 32.1. The van der Waals surface area contributed by atoms with Crippen molar-refractivity contribution >= 4 is 34.0 Å². The van der Waals surface area contributed by atoms with Crippen LogP contribution in [0.25, 0.3) is 10.9 Å².